The first kappa shape index (κ1) is 11.3. The van der Waals surface area contributed by atoms with Crippen LogP contribution in [0.4, 0.5) is 0 Å². The van der Waals surface area contributed by atoms with Crippen molar-refractivity contribution in [2.45, 2.75) is 19.9 Å². The van der Waals surface area contributed by atoms with Gasteiger partial charge in [0.1, 0.15) is 6.04 Å². The second kappa shape index (κ2) is 4.32. The predicted octanol–water partition coefficient (Wildman–Crippen LogP) is 0.695. The zero-order valence-corrected chi connectivity index (χ0v) is 9.66. The molecule has 6 nitrogen and oxygen atoms in total. The molecule has 2 aromatic rings. The van der Waals surface area contributed by atoms with Gasteiger partial charge in [-0.15, -0.1) is 10.2 Å². The molecule has 0 aliphatic carbocycles. The van der Waals surface area contributed by atoms with Crippen molar-refractivity contribution in [2.75, 3.05) is 0 Å². The first-order valence-corrected chi connectivity index (χ1v) is 5.24. The van der Waals surface area contributed by atoms with Crippen molar-refractivity contribution in [2.24, 2.45) is 5.73 Å². The summed E-state index contributed by atoms with van der Waals surface area (Å²) in [7, 11) is 0. The number of carbonyl (C=O) groups excluding carboxylic acids is 1. The SMILES string of the molecule is Cc1ccc(-c2nnn([C@H](C)C(N)=O)n2)cc1. The van der Waals surface area contributed by atoms with Gasteiger partial charge < -0.3 is 5.73 Å². The second-order valence-corrected chi connectivity index (χ2v) is 3.88. The zero-order chi connectivity index (χ0) is 12.4. The van der Waals surface area contributed by atoms with Crippen LogP contribution in [-0.4, -0.2) is 26.1 Å². The van der Waals surface area contributed by atoms with Crippen LogP contribution in [0.25, 0.3) is 11.4 Å². The Hall–Kier alpha value is -2.24. The standard InChI is InChI=1S/C11H13N5O/c1-7-3-5-9(6-4-7)11-13-15-16(14-11)8(2)10(12)17/h3-6,8H,1-2H3,(H2,12,17)/t8-/m1/s1. The fraction of sp³-hybridized carbons (Fsp3) is 0.273. The van der Waals surface area contributed by atoms with E-state index >= 15 is 0 Å². The molecular weight excluding hydrogens is 218 g/mol. The van der Waals surface area contributed by atoms with Crippen LogP contribution in [0, 0.1) is 6.92 Å². The lowest BCUT2D eigenvalue weighted by Gasteiger charge is -2.02. The Morgan fingerprint density at radius 3 is 2.59 bits per heavy atom. The maximum atomic E-state index is 11.0. The lowest BCUT2D eigenvalue weighted by molar-refractivity contribution is -0.121. The van der Waals surface area contributed by atoms with Gasteiger partial charge in [0.2, 0.25) is 11.7 Å². The number of tetrazole rings is 1. The van der Waals surface area contributed by atoms with E-state index < -0.39 is 11.9 Å². The Bertz CT molecular complexity index is 531. The van der Waals surface area contributed by atoms with Gasteiger partial charge in [-0.25, -0.2) is 0 Å². The maximum Gasteiger partial charge on any atom is 0.243 e. The number of rotatable bonds is 3. The summed E-state index contributed by atoms with van der Waals surface area (Å²) in [6.07, 6.45) is 0. The highest BCUT2D eigenvalue weighted by Gasteiger charge is 2.15. The molecule has 0 aliphatic heterocycles. The first-order valence-electron chi connectivity index (χ1n) is 5.24. The molecule has 0 saturated carbocycles. The van der Waals surface area contributed by atoms with Gasteiger partial charge >= 0.3 is 0 Å². The Balaban J connectivity index is 2.29. The van der Waals surface area contributed by atoms with E-state index in [-0.39, 0.29) is 0 Å². The number of amides is 1. The summed E-state index contributed by atoms with van der Waals surface area (Å²) >= 11 is 0. The number of aryl methyl sites for hydroxylation is 1. The molecule has 1 aromatic heterocycles. The highest BCUT2D eigenvalue weighted by atomic mass is 16.1. The first-order chi connectivity index (χ1) is 8.08. The van der Waals surface area contributed by atoms with E-state index in [2.05, 4.69) is 15.4 Å². The molecule has 1 atom stereocenters. The third-order valence-corrected chi connectivity index (χ3v) is 2.50. The van der Waals surface area contributed by atoms with E-state index in [4.69, 9.17) is 5.73 Å². The van der Waals surface area contributed by atoms with Crippen molar-refractivity contribution in [3.8, 4) is 11.4 Å². The van der Waals surface area contributed by atoms with Crippen LogP contribution >= 0.6 is 0 Å². The lowest BCUT2D eigenvalue weighted by atomic mass is 10.1. The predicted molar refractivity (Wildman–Crippen MR) is 61.9 cm³/mol. The molecule has 1 aromatic carbocycles. The topological polar surface area (TPSA) is 86.7 Å². The van der Waals surface area contributed by atoms with Crippen LogP contribution in [0.1, 0.15) is 18.5 Å². The molecule has 0 aliphatic rings. The number of hydrogen-bond donors (Lipinski definition) is 1. The van der Waals surface area contributed by atoms with Gasteiger partial charge in [-0.2, -0.15) is 4.80 Å². The van der Waals surface area contributed by atoms with E-state index in [1.807, 2.05) is 31.2 Å². The quantitative estimate of drug-likeness (QED) is 0.842. The molecular formula is C11H13N5O. The lowest BCUT2D eigenvalue weighted by Crippen LogP contribution is -2.25. The number of nitrogens with two attached hydrogens (primary N) is 1. The Labute approximate surface area is 98.4 Å². The summed E-state index contributed by atoms with van der Waals surface area (Å²) in [6.45, 7) is 3.63. The zero-order valence-electron chi connectivity index (χ0n) is 9.66. The van der Waals surface area contributed by atoms with Crippen molar-refractivity contribution >= 4 is 5.91 Å². The van der Waals surface area contributed by atoms with Crippen LogP contribution in [0.15, 0.2) is 24.3 Å². The number of primary amides is 1. The van der Waals surface area contributed by atoms with E-state index in [0.717, 1.165) is 11.1 Å². The van der Waals surface area contributed by atoms with Crippen LogP contribution in [0.2, 0.25) is 0 Å². The van der Waals surface area contributed by atoms with Gasteiger partial charge in [-0.05, 0) is 19.1 Å². The molecule has 0 fully saturated rings. The van der Waals surface area contributed by atoms with Crippen molar-refractivity contribution in [1.29, 1.82) is 0 Å². The molecule has 0 bridgehead atoms. The molecule has 0 spiro atoms. The van der Waals surface area contributed by atoms with Crippen LogP contribution in [-0.2, 0) is 4.79 Å². The minimum absolute atomic E-state index is 0.484. The molecule has 17 heavy (non-hydrogen) atoms. The largest absolute Gasteiger partial charge is 0.368 e. The highest BCUT2D eigenvalue weighted by Crippen LogP contribution is 2.14. The van der Waals surface area contributed by atoms with Gasteiger partial charge in [0.05, 0.1) is 0 Å². The van der Waals surface area contributed by atoms with E-state index in [1.165, 1.54) is 4.80 Å². The summed E-state index contributed by atoms with van der Waals surface area (Å²) in [5.74, 6) is -0.00374. The summed E-state index contributed by atoms with van der Waals surface area (Å²) in [5, 5.41) is 11.8. The number of nitrogens with zero attached hydrogens (tertiary/aromatic N) is 4. The maximum absolute atomic E-state index is 11.0. The molecule has 6 heteroatoms. The van der Waals surface area contributed by atoms with Gasteiger partial charge in [-0.3, -0.25) is 4.79 Å². The van der Waals surface area contributed by atoms with Gasteiger partial charge in [0.25, 0.3) is 0 Å². The van der Waals surface area contributed by atoms with E-state index in [1.54, 1.807) is 6.92 Å². The monoisotopic (exact) mass is 231 g/mol. The summed E-state index contributed by atoms with van der Waals surface area (Å²) < 4.78 is 0. The van der Waals surface area contributed by atoms with Gasteiger partial charge in [0, 0.05) is 5.56 Å². The summed E-state index contributed by atoms with van der Waals surface area (Å²) in [4.78, 5) is 12.2. The molecule has 1 heterocycles. The molecule has 0 saturated heterocycles. The van der Waals surface area contributed by atoms with E-state index in [9.17, 15) is 4.79 Å². The number of hydrogen-bond acceptors (Lipinski definition) is 4. The minimum atomic E-state index is -0.596. The Morgan fingerprint density at radius 1 is 1.35 bits per heavy atom. The van der Waals surface area contributed by atoms with Crippen LogP contribution in [0.3, 0.4) is 0 Å². The highest BCUT2D eigenvalue weighted by molar-refractivity contribution is 5.77. The van der Waals surface area contributed by atoms with Gasteiger partial charge in [0.15, 0.2) is 0 Å². The normalized spacial score (nSPS) is 12.4. The third-order valence-electron chi connectivity index (χ3n) is 2.50. The van der Waals surface area contributed by atoms with Crippen LogP contribution in [0.5, 0.6) is 0 Å². The number of aromatic nitrogens is 4. The minimum Gasteiger partial charge on any atom is -0.368 e. The third kappa shape index (κ3) is 2.30. The smallest absolute Gasteiger partial charge is 0.243 e. The summed E-state index contributed by atoms with van der Waals surface area (Å²) in [6, 6.07) is 7.15. The molecule has 2 rings (SSSR count). The average molecular weight is 231 g/mol. The number of benzene rings is 1. The fourth-order valence-corrected chi connectivity index (χ4v) is 1.32. The van der Waals surface area contributed by atoms with Crippen molar-refractivity contribution in [3.63, 3.8) is 0 Å². The van der Waals surface area contributed by atoms with Gasteiger partial charge in [-0.1, -0.05) is 29.8 Å². The number of carbonyl (C=O) groups is 1. The van der Waals surface area contributed by atoms with Crippen molar-refractivity contribution in [3.05, 3.63) is 29.8 Å². The molecule has 2 N–H and O–H groups in total. The second-order valence-electron chi connectivity index (χ2n) is 3.88. The van der Waals surface area contributed by atoms with E-state index in [0.29, 0.717) is 5.82 Å². The summed E-state index contributed by atoms with van der Waals surface area (Å²) in [5.41, 5.74) is 7.19. The average Bonchev–Trinajstić information content (AvgIpc) is 2.78. The molecule has 0 radical (unpaired) electrons. The van der Waals surface area contributed by atoms with Crippen LogP contribution < -0.4 is 5.73 Å². The Morgan fingerprint density at radius 2 is 2.00 bits per heavy atom. The fourth-order valence-electron chi connectivity index (χ4n) is 1.32. The Kier molecular flexibility index (Phi) is 2.86. The molecule has 0 unspecified atom stereocenters. The van der Waals surface area contributed by atoms with Crippen molar-refractivity contribution < 1.29 is 4.79 Å². The van der Waals surface area contributed by atoms with Crippen molar-refractivity contribution in [1.82, 2.24) is 20.2 Å². The molecule has 1 amide bonds. The molecule has 88 valence electrons.